The van der Waals surface area contributed by atoms with Crippen molar-refractivity contribution in [3.05, 3.63) is 59.9 Å². The van der Waals surface area contributed by atoms with Crippen molar-refractivity contribution >= 4 is 6.20 Å². The van der Waals surface area contributed by atoms with E-state index in [-0.39, 0.29) is 0 Å². The lowest BCUT2D eigenvalue weighted by Crippen LogP contribution is -2.17. The molecule has 0 saturated heterocycles. The van der Waals surface area contributed by atoms with Crippen LogP contribution >= 0.6 is 0 Å². The van der Waals surface area contributed by atoms with E-state index >= 15 is 0 Å². The van der Waals surface area contributed by atoms with Gasteiger partial charge in [-0.3, -0.25) is 0 Å². The standard InChI is InChI=1S/C17H23N3/c1-5-20-12-15(11-19-20)10-18-14(4)17-8-6-16(7-9-17)13(2)3/h5-9,11-14,18H,1,10H2,2-4H3. The molecule has 1 N–H and O–H groups in total. The molecule has 20 heavy (non-hydrogen) atoms. The molecule has 1 atom stereocenters. The van der Waals surface area contributed by atoms with Crippen LogP contribution in [0.5, 0.6) is 0 Å². The van der Waals surface area contributed by atoms with Crippen molar-refractivity contribution in [1.29, 1.82) is 0 Å². The van der Waals surface area contributed by atoms with Crippen LogP contribution in [-0.2, 0) is 6.54 Å². The van der Waals surface area contributed by atoms with E-state index in [9.17, 15) is 0 Å². The van der Waals surface area contributed by atoms with E-state index < -0.39 is 0 Å². The zero-order valence-electron chi connectivity index (χ0n) is 12.5. The second kappa shape index (κ2) is 6.53. The molecule has 0 amide bonds. The normalized spacial score (nSPS) is 12.6. The van der Waals surface area contributed by atoms with Gasteiger partial charge < -0.3 is 5.32 Å². The number of rotatable bonds is 6. The van der Waals surface area contributed by atoms with Crippen LogP contribution in [0.1, 0.15) is 49.4 Å². The van der Waals surface area contributed by atoms with Gasteiger partial charge in [-0.25, -0.2) is 4.68 Å². The van der Waals surface area contributed by atoms with Gasteiger partial charge in [-0.05, 0) is 24.0 Å². The second-order valence-corrected chi connectivity index (χ2v) is 5.44. The van der Waals surface area contributed by atoms with Gasteiger partial charge in [-0.15, -0.1) is 0 Å². The third kappa shape index (κ3) is 3.58. The summed E-state index contributed by atoms with van der Waals surface area (Å²) >= 11 is 0. The van der Waals surface area contributed by atoms with E-state index in [1.54, 1.807) is 10.9 Å². The molecule has 1 unspecified atom stereocenters. The van der Waals surface area contributed by atoms with Gasteiger partial charge in [0, 0.05) is 30.5 Å². The Morgan fingerprint density at radius 2 is 1.85 bits per heavy atom. The number of hydrogen-bond donors (Lipinski definition) is 1. The Hall–Kier alpha value is -1.87. The molecular formula is C17H23N3. The summed E-state index contributed by atoms with van der Waals surface area (Å²) < 4.78 is 1.72. The van der Waals surface area contributed by atoms with E-state index in [2.05, 4.69) is 62.0 Å². The molecule has 1 heterocycles. The highest BCUT2D eigenvalue weighted by Crippen LogP contribution is 2.18. The predicted octanol–water partition coefficient (Wildman–Crippen LogP) is 3.96. The van der Waals surface area contributed by atoms with Crippen LogP contribution in [0.2, 0.25) is 0 Å². The Morgan fingerprint density at radius 3 is 2.40 bits per heavy atom. The predicted molar refractivity (Wildman–Crippen MR) is 84.4 cm³/mol. The molecule has 3 nitrogen and oxygen atoms in total. The maximum atomic E-state index is 4.17. The molecule has 2 rings (SSSR count). The molecule has 0 bridgehead atoms. The van der Waals surface area contributed by atoms with Gasteiger partial charge in [0.05, 0.1) is 6.20 Å². The minimum absolute atomic E-state index is 0.322. The van der Waals surface area contributed by atoms with Gasteiger partial charge in [0.25, 0.3) is 0 Å². The van der Waals surface area contributed by atoms with Crippen molar-refractivity contribution in [2.75, 3.05) is 0 Å². The fourth-order valence-corrected chi connectivity index (χ4v) is 2.13. The van der Waals surface area contributed by atoms with Crippen molar-refractivity contribution in [3.63, 3.8) is 0 Å². The maximum absolute atomic E-state index is 4.17. The minimum Gasteiger partial charge on any atom is -0.306 e. The maximum Gasteiger partial charge on any atom is 0.0538 e. The summed E-state index contributed by atoms with van der Waals surface area (Å²) in [5.74, 6) is 0.581. The highest BCUT2D eigenvalue weighted by Gasteiger charge is 2.06. The average Bonchev–Trinajstić information content (AvgIpc) is 2.93. The van der Waals surface area contributed by atoms with Crippen LogP contribution in [0.3, 0.4) is 0 Å². The van der Waals surface area contributed by atoms with E-state index in [0.29, 0.717) is 12.0 Å². The molecule has 1 aromatic carbocycles. The van der Waals surface area contributed by atoms with Crippen molar-refractivity contribution in [2.24, 2.45) is 0 Å². The number of benzene rings is 1. The summed E-state index contributed by atoms with van der Waals surface area (Å²) in [6.45, 7) is 11.1. The summed E-state index contributed by atoms with van der Waals surface area (Å²) in [4.78, 5) is 0. The first-order chi connectivity index (χ1) is 9.60. The van der Waals surface area contributed by atoms with Crippen molar-refractivity contribution in [3.8, 4) is 0 Å². The first-order valence-corrected chi connectivity index (χ1v) is 7.09. The van der Waals surface area contributed by atoms with Crippen molar-refractivity contribution in [1.82, 2.24) is 15.1 Å². The number of hydrogen-bond acceptors (Lipinski definition) is 2. The second-order valence-electron chi connectivity index (χ2n) is 5.44. The fourth-order valence-electron chi connectivity index (χ4n) is 2.13. The molecule has 0 radical (unpaired) electrons. The smallest absolute Gasteiger partial charge is 0.0538 e. The monoisotopic (exact) mass is 269 g/mol. The van der Waals surface area contributed by atoms with E-state index in [1.165, 1.54) is 11.1 Å². The third-order valence-electron chi connectivity index (χ3n) is 3.56. The lowest BCUT2D eigenvalue weighted by molar-refractivity contribution is 0.574. The third-order valence-corrected chi connectivity index (χ3v) is 3.56. The summed E-state index contributed by atoms with van der Waals surface area (Å²) in [6.07, 6.45) is 5.54. The van der Waals surface area contributed by atoms with Crippen LogP contribution in [-0.4, -0.2) is 9.78 Å². The quantitative estimate of drug-likeness (QED) is 0.860. The lowest BCUT2D eigenvalue weighted by atomic mass is 9.99. The fraction of sp³-hybridized carbons (Fsp3) is 0.353. The molecule has 3 heteroatoms. The van der Waals surface area contributed by atoms with Crippen LogP contribution in [0.15, 0.2) is 43.2 Å². The first-order valence-electron chi connectivity index (χ1n) is 7.09. The molecule has 0 spiro atoms. The number of nitrogens with one attached hydrogen (secondary N) is 1. The Morgan fingerprint density at radius 1 is 1.20 bits per heavy atom. The van der Waals surface area contributed by atoms with E-state index in [4.69, 9.17) is 0 Å². The molecule has 2 aromatic rings. The molecule has 0 aliphatic heterocycles. The molecule has 0 aliphatic rings. The molecule has 1 aromatic heterocycles. The minimum atomic E-state index is 0.322. The van der Waals surface area contributed by atoms with Crippen LogP contribution in [0.4, 0.5) is 0 Å². The average molecular weight is 269 g/mol. The topological polar surface area (TPSA) is 29.9 Å². The largest absolute Gasteiger partial charge is 0.306 e. The molecule has 0 saturated carbocycles. The van der Waals surface area contributed by atoms with Crippen LogP contribution in [0, 0.1) is 0 Å². The summed E-state index contributed by atoms with van der Waals surface area (Å²) in [7, 11) is 0. The Bertz CT molecular complexity index is 552. The Labute approximate surface area is 121 Å². The van der Waals surface area contributed by atoms with Gasteiger partial charge in [0.1, 0.15) is 0 Å². The zero-order valence-corrected chi connectivity index (χ0v) is 12.5. The Kier molecular flexibility index (Phi) is 4.74. The summed E-state index contributed by atoms with van der Waals surface area (Å²) in [5.41, 5.74) is 3.86. The van der Waals surface area contributed by atoms with Gasteiger partial charge in [0.15, 0.2) is 0 Å². The first kappa shape index (κ1) is 14.5. The van der Waals surface area contributed by atoms with Crippen LogP contribution in [0.25, 0.3) is 6.20 Å². The molecule has 0 fully saturated rings. The van der Waals surface area contributed by atoms with E-state index in [1.807, 2.05) is 12.4 Å². The van der Waals surface area contributed by atoms with E-state index in [0.717, 1.165) is 12.1 Å². The molecule has 0 aliphatic carbocycles. The van der Waals surface area contributed by atoms with Crippen molar-refractivity contribution < 1.29 is 0 Å². The Balaban J connectivity index is 1.93. The van der Waals surface area contributed by atoms with Crippen molar-refractivity contribution in [2.45, 2.75) is 39.3 Å². The van der Waals surface area contributed by atoms with Gasteiger partial charge in [-0.2, -0.15) is 5.10 Å². The van der Waals surface area contributed by atoms with Gasteiger partial charge >= 0.3 is 0 Å². The molecule has 106 valence electrons. The van der Waals surface area contributed by atoms with Crippen LogP contribution < -0.4 is 5.32 Å². The highest BCUT2D eigenvalue weighted by atomic mass is 15.2. The van der Waals surface area contributed by atoms with Gasteiger partial charge in [-0.1, -0.05) is 44.7 Å². The number of aromatic nitrogens is 2. The molecular weight excluding hydrogens is 246 g/mol. The SMILES string of the molecule is C=Cn1cc(CNC(C)c2ccc(C(C)C)cc2)cn1. The number of nitrogens with zero attached hydrogens (tertiary/aromatic N) is 2. The summed E-state index contributed by atoms with van der Waals surface area (Å²) in [6, 6.07) is 9.17. The highest BCUT2D eigenvalue weighted by molar-refractivity contribution is 5.26. The lowest BCUT2D eigenvalue weighted by Gasteiger charge is -2.15. The van der Waals surface area contributed by atoms with Gasteiger partial charge in [0.2, 0.25) is 0 Å². The summed E-state index contributed by atoms with van der Waals surface area (Å²) in [5, 5.41) is 7.69. The zero-order chi connectivity index (χ0) is 14.5.